The Kier molecular flexibility index (Phi) is 4.03. The lowest BCUT2D eigenvalue weighted by atomic mass is 10.2. The van der Waals surface area contributed by atoms with E-state index in [1.807, 2.05) is 30.3 Å². The monoisotopic (exact) mass is 257 g/mol. The van der Waals surface area contributed by atoms with Gasteiger partial charge in [0.25, 0.3) is 0 Å². The standard InChI is InChI=1S/C15H15NO3/c1-2-18-15(17)11-8-9-14(13(16)10-11)19-12-6-4-3-5-7-12/h3-10H,2,16H2,1H3. The third-order valence-corrected chi connectivity index (χ3v) is 2.49. The first-order valence-electron chi connectivity index (χ1n) is 6.00. The van der Waals surface area contributed by atoms with Crippen LogP contribution in [0.25, 0.3) is 0 Å². The zero-order valence-corrected chi connectivity index (χ0v) is 10.6. The lowest BCUT2D eigenvalue weighted by Crippen LogP contribution is -2.05. The quantitative estimate of drug-likeness (QED) is 0.674. The third-order valence-electron chi connectivity index (χ3n) is 2.49. The number of nitrogens with two attached hydrogens (primary N) is 1. The van der Waals surface area contributed by atoms with Crippen LogP contribution in [0.15, 0.2) is 48.5 Å². The Morgan fingerprint density at radius 2 is 1.89 bits per heavy atom. The Balaban J connectivity index is 2.18. The largest absolute Gasteiger partial charge is 0.462 e. The van der Waals surface area contributed by atoms with Gasteiger partial charge in [0.2, 0.25) is 0 Å². The Hall–Kier alpha value is -2.49. The second-order valence-corrected chi connectivity index (χ2v) is 3.89. The predicted octanol–water partition coefficient (Wildman–Crippen LogP) is 3.24. The van der Waals surface area contributed by atoms with Crippen LogP contribution in [-0.4, -0.2) is 12.6 Å². The van der Waals surface area contributed by atoms with E-state index in [1.54, 1.807) is 25.1 Å². The molecule has 0 fully saturated rings. The fraction of sp³-hybridized carbons (Fsp3) is 0.133. The Bertz CT molecular complexity index is 567. The predicted molar refractivity (Wildman–Crippen MR) is 73.3 cm³/mol. The summed E-state index contributed by atoms with van der Waals surface area (Å²) < 4.78 is 10.5. The minimum atomic E-state index is -0.388. The van der Waals surface area contributed by atoms with Crippen molar-refractivity contribution < 1.29 is 14.3 Å². The molecule has 0 aromatic heterocycles. The molecule has 0 aliphatic heterocycles. The first-order chi connectivity index (χ1) is 9.20. The summed E-state index contributed by atoms with van der Waals surface area (Å²) in [5.41, 5.74) is 6.68. The first-order valence-corrected chi connectivity index (χ1v) is 6.00. The highest BCUT2D eigenvalue weighted by molar-refractivity contribution is 5.91. The van der Waals surface area contributed by atoms with Crippen LogP contribution < -0.4 is 10.5 Å². The molecule has 0 unspecified atom stereocenters. The molecule has 0 amide bonds. The highest BCUT2D eigenvalue weighted by Gasteiger charge is 2.10. The lowest BCUT2D eigenvalue weighted by molar-refractivity contribution is 0.0526. The Morgan fingerprint density at radius 1 is 1.16 bits per heavy atom. The fourth-order valence-electron chi connectivity index (χ4n) is 1.60. The van der Waals surface area contributed by atoms with Crippen LogP contribution >= 0.6 is 0 Å². The SMILES string of the molecule is CCOC(=O)c1ccc(Oc2ccccc2)c(N)c1. The van der Waals surface area contributed by atoms with Crippen molar-refractivity contribution >= 4 is 11.7 Å². The van der Waals surface area contributed by atoms with Gasteiger partial charge in [-0.2, -0.15) is 0 Å². The summed E-state index contributed by atoms with van der Waals surface area (Å²) in [6, 6.07) is 14.2. The first kappa shape index (κ1) is 13.0. The molecule has 0 bridgehead atoms. The van der Waals surface area contributed by atoms with E-state index in [0.717, 1.165) is 0 Å². The van der Waals surface area contributed by atoms with Crippen molar-refractivity contribution in [3.05, 3.63) is 54.1 Å². The van der Waals surface area contributed by atoms with Crippen molar-refractivity contribution in [2.24, 2.45) is 0 Å². The van der Waals surface area contributed by atoms with Gasteiger partial charge in [0, 0.05) is 0 Å². The van der Waals surface area contributed by atoms with Crippen LogP contribution in [0, 0.1) is 0 Å². The molecule has 0 spiro atoms. The smallest absolute Gasteiger partial charge is 0.338 e. The number of carbonyl (C=O) groups is 1. The third kappa shape index (κ3) is 3.25. The Labute approximate surface area is 111 Å². The van der Waals surface area contributed by atoms with Crippen molar-refractivity contribution in [1.82, 2.24) is 0 Å². The number of nitrogen functional groups attached to an aromatic ring is 1. The van der Waals surface area contributed by atoms with Crippen molar-refractivity contribution in [1.29, 1.82) is 0 Å². The van der Waals surface area contributed by atoms with Gasteiger partial charge >= 0.3 is 5.97 Å². The van der Waals surface area contributed by atoms with Crippen molar-refractivity contribution in [3.8, 4) is 11.5 Å². The molecule has 0 radical (unpaired) electrons. The van der Waals surface area contributed by atoms with E-state index < -0.39 is 0 Å². The van der Waals surface area contributed by atoms with E-state index in [0.29, 0.717) is 29.4 Å². The van der Waals surface area contributed by atoms with Gasteiger partial charge in [-0.05, 0) is 37.3 Å². The molecule has 0 aliphatic carbocycles. The van der Waals surface area contributed by atoms with Gasteiger partial charge in [0.05, 0.1) is 17.9 Å². The molecule has 0 atom stereocenters. The van der Waals surface area contributed by atoms with Crippen LogP contribution in [-0.2, 0) is 4.74 Å². The summed E-state index contributed by atoms with van der Waals surface area (Å²) in [4.78, 5) is 11.5. The van der Waals surface area contributed by atoms with Crippen LogP contribution in [0.4, 0.5) is 5.69 Å². The number of esters is 1. The van der Waals surface area contributed by atoms with Gasteiger partial charge in [-0.25, -0.2) is 4.79 Å². The van der Waals surface area contributed by atoms with Crippen LogP contribution in [0.3, 0.4) is 0 Å². The number of anilines is 1. The lowest BCUT2D eigenvalue weighted by Gasteiger charge is -2.09. The second-order valence-electron chi connectivity index (χ2n) is 3.89. The summed E-state index contributed by atoms with van der Waals surface area (Å²) in [6.45, 7) is 2.09. The van der Waals surface area contributed by atoms with Gasteiger partial charge in [-0.1, -0.05) is 18.2 Å². The molecule has 98 valence electrons. The molecule has 2 rings (SSSR count). The molecule has 19 heavy (non-hydrogen) atoms. The molecule has 0 saturated carbocycles. The van der Waals surface area contributed by atoms with E-state index in [2.05, 4.69) is 0 Å². The maximum Gasteiger partial charge on any atom is 0.338 e. The number of hydrogen-bond donors (Lipinski definition) is 1. The maximum atomic E-state index is 11.5. The Morgan fingerprint density at radius 3 is 2.53 bits per heavy atom. The van der Waals surface area contributed by atoms with Crippen LogP contribution in [0.2, 0.25) is 0 Å². The van der Waals surface area contributed by atoms with Gasteiger partial charge in [-0.15, -0.1) is 0 Å². The number of rotatable bonds is 4. The molecular formula is C15H15NO3. The van der Waals surface area contributed by atoms with Crippen LogP contribution in [0.1, 0.15) is 17.3 Å². The minimum absolute atomic E-state index is 0.334. The molecule has 2 N–H and O–H groups in total. The molecule has 2 aromatic rings. The molecule has 0 saturated heterocycles. The van der Waals surface area contributed by atoms with Gasteiger partial charge < -0.3 is 15.2 Å². The number of ether oxygens (including phenoxy) is 2. The molecule has 2 aromatic carbocycles. The number of hydrogen-bond acceptors (Lipinski definition) is 4. The number of carbonyl (C=O) groups excluding carboxylic acids is 1. The zero-order chi connectivity index (χ0) is 13.7. The van der Waals surface area contributed by atoms with Gasteiger partial charge in [-0.3, -0.25) is 0 Å². The molecular weight excluding hydrogens is 242 g/mol. The topological polar surface area (TPSA) is 61.5 Å². The highest BCUT2D eigenvalue weighted by atomic mass is 16.5. The van der Waals surface area contributed by atoms with E-state index >= 15 is 0 Å². The number of para-hydroxylation sites is 1. The highest BCUT2D eigenvalue weighted by Crippen LogP contribution is 2.28. The van der Waals surface area contributed by atoms with Gasteiger partial charge in [0.15, 0.2) is 0 Å². The zero-order valence-electron chi connectivity index (χ0n) is 10.6. The van der Waals surface area contributed by atoms with Crippen molar-refractivity contribution in [2.75, 3.05) is 12.3 Å². The average molecular weight is 257 g/mol. The fourth-order valence-corrected chi connectivity index (χ4v) is 1.60. The van der Waals surface area contributed by atoms with Crippen LogP contribution in [0.5, 0.6) is 11.5 Å². The van der Waals surface area contributed by atoms with E-state index in [4.69, 9.17) is 15.2 Å². The van der Waals surface area contributed by atoms with E-state index in [1.165, 1.54) is 0 Å². The average Bonchev–Trinajstić information content (AvgIpc) is 2.42. The van der Waals surface area contributed by atoms with E-state index in [9.17, 15) is 4.79 Å². The molecule has 4 nitrogen and oxygen atoms in total. The van der Waals surface area contributed by atoms with E-state index in [-0.39, 0.29) is 5.97 Å². The minimum Gasteiger partial charge on any atom is -0.462 e. The second kappa shape index (κ2) is 5.91. The maximum absolute atomic E-state index is 11.5. The summed E-state index contributed by atoms with van der Waals surface area (Å²) >= 11 is 0. The molecule has 0 aliphatic rings. The summed E-state index contributed by atoms with van der Waals surface area (Å²) in [6.07, 6.45) is 0. The summed E-state index contributed by atoms with van der Waals surface area (Å²) in [7, 11) is 0. The summed E-state index contributed by atoms with van der Waals surface area (Å²) in [5, 5.41) is 0. The van der Waals surface area contributed by atoms with Gasteiger partial charge in [0.1, 0.15) is 11.5 Å². The van der Waals surface area contributed by atoms with Crippen molar-refractivity contribution in [2.45, 2.75) is 6.92 Å². The molecule has 4 heteroatoms. The normalized spacial score (nSPS) is 9.95. The number of benzene rings is 2. The molecule has 0 heterocycles. The summed E-state index contributed by atoms with van der Waals surface area (Å²) in [5.74, 6) is 0.817. The van der Waals surface area contributed by atoms with Crippen molar-refractivity contribution in [3.63, 3.8) is 0 Å².